The van der Waals surface area contributed by atoms with Crippen LogP contribution in [0.4, 0.5) is 5.69 Å². The highest BCUT2D eigenvalue weighted by Gasteiger charge is 2.32. The van der Waals surface area contributed by atoms with E-state index in [1.54, 1.807) is 5.51 Å². The lowest BCUT2D eigenvalue weighted by Gasteiger charge is -2.34. The smallest absolute Gasteiger partial charge is 0.255 e. The average molecular weight is 432 g/mol. The van der Waals surface area contributed by atoms with Crippen LogP contribution in [0.15, 0.2) is 52.9 Å². The molecule has 1 fully saturated rings. The Bertz CT molecular complexity index is 1130. The molecule has 29 heavy (non-hydrogen) atoms. The van der Waals surface area contributed by atoms with E-state index in [9.17, 15) is 13.2 Å². The number of nitrogens with one attached hydrogen (secondary N) is 1. The van der Waals surface area contributed by atoms with Gasteiger partial charge in [-0.15, -0.1) is 11.3 Å². The molecule has 1 aliphatic heterocycles. The Morgan fingerprint density at radius 1 is 1.14 bits per heavy atom. The van der Waals surface area contributed by atoms with Gasteiger partial charge in [-0.2, -0.15) is 4.31 Å². The van der Waals surface area contributed by atoms with Crippen LogP contribution in [0.1, 0.15) is 24.2 Å². The van der Waals surface area contributed by atoms with Crippen LogP contribution >= 0.6 is 11.3 Å². The summed E-state index contributed by atoms with van der Waals surface area (Å²) in [7, 11) is -3.63. The number of carbonyl (C=O) groups excluding carboxylic acids is 1. The largest absolute Gasteiger partial charge is 0.373 e. The zero-order chi connectivity index (χ0) is 20.6. The summed E-state index contributed by atoms with van der Waals surface area (Å²) < 4.78 is 33.9. The van der Waals surface area contributed by atoms with Crippen molar-refractivity contribution < 1.29 is 17.9 Å². The van der Waals surface area contributed by atoms with Crippen molar-refractivity contribution in [1.82, 2.24) is 9.29 Å². The van der Waals surface area contributed by atoms with E-state index in [1.165, 1.54) is 39.9 Å². The van der Waals surface area contributed by atoms with E-state index in [0.29, 0.717) is 24.3 Å². The number of hydrogen-bond acceptors (Lipinski definition) is 6. The first-order valence-electron chi connectivity index (χ1n) is 9.23. The van der Waals surface area contributed by atoms with Crippen LogP contribution < -0.4 is 5.32 Å². The van der Waals surface area contributed by atoms with Crippen LogP contribution in [0.5, 0.6) is 0 Å². The number of rotatable bonds is 4. The van der Waals surface area contributed by atoms with E-state index < -0.39 is 10.0 Å². The van der Waals surface area contributed by atoms with Crippen LogP contribution in [-0.2, 0) is 14.8 Å². The number of aromatic nitrogens is 1. The summed E-state index contributed by atoms with van der Waals surface area (Å²) in [4.78, 5) is 16.9. The number of hydrogen-bond donors (Lipinski definition) is 1. The predicted octanol–water partition coefficient (Wildman–Crippen LogP) is 3.35. The van der Waals surface area contributed by atoms with Crippen molar-refractivity contribution in [1.29, 1.82) is 0 Å². The Balaban J connectivity index is 1.50. The lowest BCUT2D eigenvalue weighted by atomic mass is 10.2. The van der Waals surface area contributed by atoms with E-state index in [1.807, 2.05) is 32.0 Å². The van der Waals surface area contributed by atoms with Crippen LogP contribution in [0, 0.1) is 0 Å². The number of anilines is 1. The Morgan fingerprint density at radius 3 is 2.52 bits per heavy atom. The van der Waals surface area contributed by atoms with Gasteiger partial charge in [-0.3, -0.25) is 4.79 Å². The Kier molecular flexibility index (Phi) is 5.39. The van der Waals surface area contributed by atoms with Gasteiger partial charge < -0.3 is 10.1 Å². The number of sulfonamides is 1. The molecule has 2 heterocycles. The van der Waals surface area contributed by atoms with Crippen molar-refractivity contribution in [3.05, 3.63) is 53.5 Å². The van der Waals surface area contributed by atoms with Crippen LogP contribution in [0.25, 0.3) is 10.2 Å². The van der Waals surface area contributed by atoms with E-state index in [-0.39, 0.29) is 23.0 Å². The summed E-state index contributed by atoms with van der Waals surface area (Å²) in [6.07, 6.45) is -0.317. The molecule has 2 aromatic carbocycles. The lowest BCUT2D eigenvalue weighted by Crippen LogP contribution is -2.48. The van der Waals surface area contributed by atoms with Gasteiger partial charge in [0.25, 0.3) is 5.91 Å². The minimum atomic E-state index is -3.63. The van der Waals surface area contributed by atoms with Crippen molar-refractivity contribution >= 4 is 43.2 Å². The molecule has 1 N–H and O–H groups in total. The van der Waals surface area contributed by atoms with Crippen molar-refractivity contribution in [3.63, 3.8) is 0 Å². The summed E-state index contributed by atoms with van der Waals surface area (Å²) in [6.45, 7) is 4.34. The molecule has 3 aromatic rings. The zero-order valence-corrected chi connectivity index (χ0v) is 17.7. The Hall–Kier alpha value is -2.33. The molecule has 1 saturated heterocycles. The quantitative estimate of drug-likeness (QED) is 0.684. The first-order chi connectivity index (χ1) is 13.8. The molecule has 1 aromatic heterocycles. The van der Waals surface area contributed by atoms with Crippen LogP contribution in [0.3, 0.4) is 0 Å². The maximum absolute atomic E-state index is 12.9. The number of morpholine rings is 1. The first-order valence-corrected chi connectivity index (χ1v) is 11.5. The zero-order valence-electron chi connectivity index (χ0n) is 16.0. The summed E-state index contributed by atoms with van der Waals surface area (Å²) in [6, 6.07) is 11.5. The van der Waals surface area contributed by atoms with Crippen molar-refractivity contribution in [3.8, 4) is 0 Å². The molecule has 0 bridgehead atoms. The average Bonchev–Trinajstić information content (AvgIpc) is 3.15. The third kappa shape index (κ3) is 4.18. The molecule has 1 amide bonds. The van der Waals surface area contributed by atoms with Gasteiger partial charge >= 0.3 is 0 Å². The second-order valence-corrected chi connectivity index (χ2v) is 9.92. The summed E-state index contributed by atoms with van der Waals surface area (Å²) in [5, 5.41) is 2.82. The van der Waals surface area contributed by atoms with E-state index in [0.717, 1.165) is 10.2 Å². The van der Waals surface area contributed by atoms with Gasteiger partial charge in [0.15, 0.2) is 0 Å². The molecule has 2 unspecified atom stereocenters. The van der Waals surface area contributed by atoms with Gasteiger partial charge in [0, 0.05) is 24.3 Å². The van der Waals surface area contributed by atoms with Crippen molar-refractivity contribution in [2.24, 2.45) is 0 Å². The number of thiazole rings is 1. The maximum Gasteiger partial charge on any atom is 0.255 e. The molecular weight excluding hydrogens is 410 g/mol. The highest BCUT2D eigenvalue weighted by atomic mass is 32.2. The monoisotopic (exact) mass is 431 g/mol. The van der Waals surface area contributed by atoms with Gasteiger partial charge in [-0.25, -0.2) is 13.4 Å². The number of carbonyl (C=O) groups is 1. The number of amides is 1. The Labute approximate surface area is 173 Å². The fourth-order valence-corrected chi connectivity index (χ4v) is 5.64. The minimum Gasteiger partial charge on any atom is -0.373 e. The van der Waals surface area contributed by atoms with Crippen LogP contribution in [-0.4, -0.2) is 48.9 Å². The van der Waals surface area contributed by atoms with Gasteiger partial charge in [0.1, 0.15) is 0 Å². The van der Waals surface area contributed by atoms with E-state index in [4.69, 9.17) is 4.74 Å². The van der Waals surface area contributed by atoms with E-state index >= 15 is 0 Å². The summed E-state index contributed by atoms with van der Waals surface area (Å²) in [5.74, 6) is -0.308. The van der Waals surface area contributed by atoms with Crippen molar-refractivity contribution in [2.45, 2.75) is 31.0 Å². The molecule has 0 saturated carbocycles. The molecule has 9 heteroatoms. The Morgan fingerprint density at radius 2 is 1.83 bits per heavy atom. The number of fused-ring (bicyclic) bond motifs is 1. The number of nitrogens with zero attached hydrogens (tertiary/aromatic N) is 2. The summed E-state index contributed by atoms with van der Waals surface area (Å²) >= 11 is 1.53. The first kappa shape index (κ1) is 20.0. The van der Waals surface area contributed by atoms with Crippen molar-refractivity contribution in [2.75, 3.05) is 18.4 Å². The lowest BCUT2D eigenvalue weighted by molar-refractivity contribution is -0.0440. The van der Waals surface area contributed by atoms with Crippen LogP contribution in [0.2, 0.25) is 0 Å². The third-order valence-corrected chi connectivity index (χ3v) is 7.38. The number of ether oxygens (including phenoxy) is 1. The molecule has 7 nitrogen and oxygen atoms in total. The van der Waals surface area contributed by atoms with Gasteiger partial charge in [0.2, 0.25) is 10.0 Å². The standard InChI is InChI=1S/C20H21N3O4S2/c1-13-10-23(11-14(2)27-13)29(25,26)17-6-3-15(4-7-17)20(24)22-16-5-8-19-18(9-16)21-12-28-19/h3-9,12-14H,10-11H2,1-2H3,(H,22,24). The minimum absolute atomic E-state index is 0.159. The maximum atomic E-state index is 12.9. The molecule has 0 aliphatic carbocycles. The third-order valence-electron chi connectivity index (χ3n) is 4.73. The highest BCUT2D eigenvalue weighted by Crippen LogP contribution is 2.23. The molecular formula is C20H21N3O4S2. The number of benzene rings is 2. The fraction of sp³-hybridized carbons (Fsp3) is 0.300. The second kappa shape index (κ2) is 7.83. The summed E-state index contributed by atoms with van der Waals surface area (Å²) in [5.41, 5.74) is 3.60. The molecule has 4 rings (SSSR count). The van der Waals surface area contributed by atoms with Gasteiger partial charge in [-0.1, -0.05) is 0 Å². The van der Waals surface area contributed by atoms with E-state index in [2.05, 4.69) is 10.3 Å². The molecule has 152 valence electrons. The SMILES string of the molecule is CC1CN(S(=O)(=O)c2ccc(C(=O)Nc3ccc4scnc4c3)cc2)CC(C)O1. The molecule has 0 radical (unpaired) electrons. The molecule has 0 spiro atoms. The highest BCUT2D eigenvalue weighted by molar-refractivity contribution is 7.89. The molecule has 1 aliphatic rings. The van der Waals surface area contributed by atoms with Gasteiger partial charge in [-0.05, 0) is 56.3 Å². The topological polar surface area (TPSA) is 88.6 Å². The predicted molar refractivity (Wildman–Crippen MR) is 113 cm³/mol. The molecule has 2 atom stereocenters. The normalized spacial score (nSPS) is 20.6. The fourth-order valence-electron chi connectivity index (χ4n) is 3.39. The van der Waals surface area contributed by atoms with Gasteiger partial charge in [0.05, 0.1) is 32.8 Å². The second-order valence-electron chi connectivity index (χ2n) is 7.09.